The number of aliphatic hydroxyl groups excluding tert-OH is 2. The fourth-order valence-electron chi connectivity index (χ4n) is 5.35. The van der Waals surface area contributed by atoms with E-state index in [-0.39, 0.29) is 0 Å². The minimum Gasteiger partial charge on any atom is -0.396 e. The zero-order chi connectivity index (χ0) is 17.8. The summed E-state index contributed by atoms with van der Waals surface area (Å²) in [5, 5.41) is 17.7. The first-order chi connectivity index (χ1) is 12.3. The van der Waals surface area contributed by atoms with Crippen LogP contribution in [0.3, 0.4) is 0 Å². The fraction of sp³-hybridized carbons (Fsp3) is 0.913. The number of allylic oxidation sites excluding steroid dienone is 2. The lowest BCUT2D eigenvalue weighted by molar-refractivity contribution is 0.175. The molecule has 25 heavy (non-hydrogen) atoms. The number of unbranched alkanes of at least 4 members (excludes halogenated alkanes) is 10. The first-order valence-corrected chi connectivity index (χ1v) is 11.2. The summed E-state index contributed by atoms with van der Waals surface area (Å²) in [4.78, 5) is 0. The van der Waals surface area contributed by atoms with E-state index in [1.165, 1.54) is 89.9 Å². The van der Waals surface area contributed by atoms with Gasteiger partial charge in [0.05, 0.1) is 0 Å². The van der Waals surface area contributed by atoms with Crippen molar-refractivity contribution in [3.8, 4) is 0 Å². The maximum absolute atomic E-state index is 8.85. The Balaban J connectivity index is 1.63. The van der Waals surface area contributed by atoms with Crippen molar-refractivity contribution in [1.82, 2.24) is 0 Å². The molecule has 0 saturated heterocycles. The average Bonchev–Trinajstić information content (AvgIpc) is 3.22. The maximum Gasteiger partial charge on any atom is 0.0431 e. The molecule has 2 aliphatic rings. The van der Waals surface area contributed by atoms with Gasteiger partial charge in [0, 0.05) is 13.2 Å². The molecule has 0 amide bonds. The van der Waals surface area contributed by atoms with Crippen molar-refractivity contribution >= 4 is 0 Å². The quantitative estimate of drug-likeness (QED) is 0.264. The molecule has 0 aromatic carbocycles. The third-order valence-corrected chi connectivity index (χ3v) is 6.79. The Labute approximate surface area is 156 Å². The topological polar surface area (TPSA) is 40.5 Å². The largest absolute Gasteiger partial charge is 0.396 e. The van der Waals surface area contributed by atoms with Crippen molar-refractivity contribution in [2.24, 2.45) is 17.3 Å². The van der Waals surface area contributed by atoms with Gasteiger partial charge in [0.2, 0.25) is 0 Å². The van der Waals surface area contributed by atoms with E-state index < -0.39 is 0 Å². The Morgan fingerprint density at radius 1 is 0.640 bits per heavy atom. The molecule has 2 heteroatoms. The Morgan fingerprint density at radius 3 is 1.52 bits per heavy atom. The van der Waals surface area contributed by atoms with Crippen LogP contribution in [0.2, 0.25) is 0 Å². The van der Waals surface area contributed by atoms with Gasteiger partial charge in [-0.1, -0.05) is 76.4 Å². The summed E-state index contributed by atoms with van der Waals surface area (Å²) >= 11 is 0. The van der Waals surface area contributed by atoms with E-state index in [1.54, 1.807) is 0 Å². The zero-order valence-electron chi connectivity index (χ0n) is 16.4. The monoisotopic (exact) mass is 350 g/mol. The lowest BCUT2D eigenvalue weighted by atomic mass is 9.69. The number of aliphatic hydroxyl groups is 2. The van der Waals surface area contributed by atoms with Gasteiger partial charge in [-0.2, -0.15) is 0 Å². The summed E-state index contributed by atoms with van der Waals surface area (Å²) < 4.78 is 0. The first kappa shape index (κ1) is 21.0. The molecule has 2 unspecified atom stereocenters. The van der Waals surface area contributed by atoms with Crippen molar-refractivity contribution in [3.05, 3.63) is 12.2 Å². The molecule has 0 heterocycles. The molecule has 0 spiro atoms. The zero-order valence-corrected chi connectivity index (χ0v) is 16.4. The molecule has 146 valence electrons. The lowest BCUT2D eigenvalue weighted by Gasteiger charge is -2.36. The molecule has 2 aliphatic carbocycles. The van der Waals surface area contributed by atoms with Gasteiger partial charge in [-0.3, -0.25) is 0 Å². The van der Waals surface area contributed by atoms with Crippen molar-refractivity contribution in [2.75, 3.05) is 13.2 Å². The summed E-state index contributed by atoms with van der Waals surface area (Å²) in [6, 6.07) is 0. The number of hydrogen-bond acceptors (Lipinski definition) is 2. The summed E-state index contributed by atoms with van der Waals surface area (Å²) in [7, 11) is 0. The van der Waals surface area contributed by atoms with Crippen LogP contribution < -0.4 is 0 Å². The van der Waals surface area contributed by atoms with Gasteiger partial charge in [0.15, 0.2) is 0 Å². The van der Waals surface area contributed by atoms with Gasteiger partial charge in [0.1, 0.15) is 0 Å². The third kappa shape index (κ3) is 7.06. The van der Waals surface area contributed by atoms with Crippen LogP contribution in [0, 0.1) is 17.3 Å². The summed E-state index contributed by atoms with van der Waals surface area (Å²) in [6.45, 7) is 0.719. The normalized spacial score (nSPS) is 23.6. The molecular weight excluding hydrogens is 308 g/mol. The average molecular weight is 351 g/mol. The van der Waals surface area contributed by atoms with Crippen LogP contribution in [0.1, 0.15) is 103 Å². The van der Waals surface area contributed by atoms with Crippen LogP contribution in [0.15, 0.2) is 12.2 Å². The minimum absolute atomic E-state index is 0.360. The number of hydrogen-bond donors (Lipinski definition) is 2. The molecule has 1 fully saturated rings. The first-order valence-electron chi connectivity index (χ1n) is 11.2. The Morgan fingerprint density at radius 2 is 1.12 bits per heavy atom. The Bertz CT molecular complexity index is 345. The molecule has 1 saturated carbocycles. The third-order valence-electron chi connectivity index (χ3n) is 6.79. The van der Waals surface area contributed by atoms with E-state index in [2.05, 4.69) is 12.2 Å². The molecule has 0 aromatic rings. The van der Waals surface area contributed by atoms with Crippen molar-refractivity contribution < 1.29 is 10.2 Å². The van der Waals surface area contributed by atoms with Gasteiger partial charge in [-0.05, 0) is 55.8 Å². The SMILES string of the molecule is OCCCCCCCCC1(CCCCCCCCO)CC2C=CC1C2. The number of rotatable bonds is 16. The van der Waals surface area contributed by atoms with E-state index in [4.69, 9.17) is 10.2 Å². The van der Waals surface area contributed by atoms with Crippen molar-refractivity contribution in [3.63, 3.8) is 0 Å². The summed E-state index contributed by atoms with van der Waals surface area (Å²) in [5.41, 5.74) is 0.635. The predicted molar refractivity (Wildman–Crippen MR) is 107 cm³/mol. The van der Waals surface area contributed by atoms with Gasteiger partial charge < -0.3 is 10.2 Å². The molecule has 2 N–H and O–H groups in total. The highest BCUT2D eigenvalue weighted by Crippen LogP contribution is 2.57. The van der Waals surface area contributed by atoms with E-state index in [1.807, 2.05) is 0 Å². The molecule has 2 nitrogen and oxygen atoms in total. The van der Waals surface area contributed by atoms with Crippen LogP contribution in [0.25, 0.3) is 0 Å². The molecule has 2 bridgehead atoms. The number of fused-ring (bicyclic) bond motifs is 2. The summed E-state index contributed by atoms with van der Waals surface area (Å²) in [5.74, 6) is 1.76. The summed E-state index contributed by atoms with van der Waals surface area (Å²) in [6.07, 6.45) is 26.1. The van der Waals surface area contributed by atoms with Crippen LogP contribution in [0.4, 0.5) is 0 Å². The minimum atomic E-state index is 0.360. The van der Waals surface area contributed by atoms with Crippen molar-refractivity contribution in [1.29, 1.82) is 0 Å². The van der Waals surface area contributed by atoms with Crippen LogP contribution >= 0.6 is 0 Å². The van der Waals surface area contributed by atoms with Crippen LogP contribution in [-0.2, 0) is 0 Å². The van der Waals surface area contributed by atoms with E-state index in [0.717, 1.165) is 24.7 Å². The van der Waals surface area contributed by atoms with E-state index >= 15 is 0 Å². The van der Waals surface area contributed by atoms with Crippen LogP contribution in [-0.4, -0.2) is 23.4 Å². The molecule has 0 aliphatic heterocycles. The molecule has 0 radical (unpaired) electrons. The van der Waals surface area contributed by atoms with Gasteiger partial charge >= 0.3 is 0 Å². The molecular formula is C23H42O2. The highest BCUT2D eigenvalue weighted by atomic mass is 16.3. The molecule has 2 rings (SSSR count). The van der Waals surface area contributed by atoms with Crippen molar-refractivity contribution in [2.45, 2.75) is 103 Å². The second-order valence-corrected chi connectivity index (χ2v) is 8.74. The fourth-order valence-corrected chi connectivity index (χ4v) is 5.35. The highest BCUT2D eigenvalue weighted by molar-refractivity contribution is 5.15. The highest BCUT2D eigenvalue weighted by Gasteiger charge is 2.46. The Hall–Kier alpha value is -0.340. The van der Waals surface area contributed by atoms with E-state index in [9.17, 15) is 0 Å². The smallest absolute Gasteiger partial charge is 0.0431 e. The predicted octanol–water partition coefficient (Wildman–Crippen LogP) is 6.01. The van der Waals surface area contributed by atoms with Gasteiger partial charge in [0.25, 0.3) is 0 Å². The molecule has 2 atom stereocenters. The Kier molecular flexibility index (Phi) is 10.2. The maximum atomic E-state index is 8.85. The lowest BCUT2D eigenvalue weighted by Crippen LogP contribution is -2.26. The second-order valence-electron chi connectivity index (χ2n) is 8.74. The van der Waals surface area contributed by atoms with Gasteiger partial charge in [-0.15, -0.1) is 0 Å². The van der Waals surface area contributed by atoms with E-state index in [0.29, 0.717) is 18.6 Å². The molecule has 0 aromatic heterocycles. The standard InChI is InChI=1S/C23H42O2/c24-17-11-7-3-1-5-9-15-23(20-21-13-14-22(23)19-21)16-10-6-2-4-8-12-18-25/h13-14,21-22,24-25H,1-12,15-20H2. The van der Waals surface area contributed by atoms with Gasteiger partial charge in [-0.25, -0.2) is 0 Å². The second kappa shape index (κ2) is 12.1. The van der Waals surface area contributed by atoms with Crippen LogP contribution in [0.5, 0.6) is 0 Å².